The Morgan fingerprint density at radius 2 is 1.71 bits per heavy atom. The van der Waals surface area contributed by atoms with E-state index in [1.165, 1.54) is 7.11 Å². The summed E-state index contributed by atoms with van der Waals surface area (Å²) in [6.07, 6.45) is -0.723. The van der Waals surface area contributed by atoms with E-state index in [9.17, 15) is 9.59 Å². The Morgan fingerprint density at radius 3 is 2.42 bits per heavy atom. The zero-order chi connectivity index (χ0) is 17.5. The molecule has 0 aliphatic rings. The van der Waals surface area contributed by atoms with E-state index in [2.05, 4.69) is 10.1 Å². The van der Waals surface area contributed by atoms with Crippen molar-refractivity contribution in [2.45, 2.75) is 13.0 Å². The van der Waals surface area contributed by atoms with Crippen LogP contribution in [-0.4, -0.2) is 32.2 Å². The molecule has 1 atom stereocenters. The Hall–Kier alpha value is -3.02. The Labute approximate surface area is 140 Å². The molecule has 1 amide bonds. The quantitative estimate of drug-likeness (QED) is 0.825. The molecule has 0 saturated heterocycles. The van der Waals surface area contributed by atoms with Gasteiger partial charge in [0, 0.05) is 11.8 Å². The number of benzene rings is 2. The van der Waals surface area contributed by atoms with Crippen LogP contribution in [-0.2, 0) is 9.53 Å². The van der Waals surface area contributed by atoms with Gasteiger partial charge in [-0.2, -0.15) is 0 Å². The van der Waals surface area contributed by atoms with Crippen LogP contribution in [0, 0.1) is 0 Å². The van der Waals surface area contributed by atoms with E-state index < -0.39 is 12.1 Å². The van der Waals surface area contributed by atoms with E-state index in [0.29, 0.717) is 22.7 Å². The predicted octanol–water partition coefficient (Wildman–Crippen LogP) is 2.89. The normalized spacial score (nSPS) is 11.3. The Balaban J connectivity index is 2.02. The molecule has 0 radical (unpaired) electrons. The second-order valence-corrected chi connectivity index (χ2v) is 5.00. The zero-order valence-corrected chi connectivity index (χ0v) is 13.7. The van der Waals surface area contributed by atoms with E-state index in [4.69, 9.17) is 9.47 Å². The predicted molar refractivity (Wildman–Crippen MR) is 89.5 cm³/mol. The Kier molecular flexibility index (Phi) is 5.78. The van der Waals surface area contributed by atoms with Crippen LogP contribution >= 0.6 is 0 Å². The topological polar surface area (TPSA) is 73.9 Å². The minimum atomic E-state index is -0.723. The molecule has 1 N–H and O–H groups in total. The first kappa shape index (κ1) is 17.3. The maximum absolute atomic E-state index is 12.2. The molecule has 6 nitrogen and oxygen atoms in total. The number of rotatable bonds is 6. The molecule has 2 rings (SSSR count). The second-order valence-electron chi connectivity index (χ2n) is 5.00. The number of hydrogen-bond donors (Lipinski definition) is 1. The van der Waals surface area contributed by atoms with Crippen LogP contribution in [0.1, 0.15) is 17.3 Å². The lowest BCUT2D eigenvalue weighted by atomic mass is 10.2. The number of amides is 1. The highest BCUT2D eigenvalue weighted by molar-refractivity contribution is 5.96. The monoisotopic (exact) mass is 329 g/mol. The molecule has 0 unspecified atom stereocenters. The zero-order valence-electron chi connectivity index (χ0n) is 13.7. The van der Waals surface area contributed by atoms with E-state index in [1.54, 1.807) is 62.6 Å². The van der Waals surface area contributed by atoms with Crippen molar-refractivity contribution in [2.75, 3.05) is 19.5 Å². The van der Waals surface area contributed by atoms with Gasteiger partial charge in [0.2, 0.25) is 0 Å². The summed E-state index contributed by atoms with van der Waals surface area (Å²) >= 11 is 0. The van der Waals surface area contributed by atoms with E-state index in [1.807, 2.05) is 0 Å². The fourth-order valence-corrected chi connectivity index (χ4v) is 2.02. The minimum Gasteiger partial charge on any atom is -0.497 e. The Bertz CT molecular complexity index is 729. The highest BCUT2D eigenvalue weighted by atomic mass is 16.5. The maximum atomic E-state index is 12.2. The molecule has 0 heterocycles. The molecule has 24 heavy (non-hydrogen) atoms. The first-order valence-electron chi connectivity index (χ1n) is 7.33. The van der Waals surface area contributed by atoms with Gasteiger partial charge in [-0.1, -0.05) is 12.1 Å². The SMILES string of the molecule is COC(=O)c1cccc(NC(=O)[C@H](C)Oc2cccc(OC)c2)c1. The largest absolute Gasteiger partial charge is 0.497 e. The molecule has 0 saturated carbocycles. The first-order valence-corrected chi connectivity index (χ1v) is 7.33. The van der Waals surface area contributed by atoms with Crippen molar-refractivity contribution in [1.29, 1.82) is 0 Å². The van der Waals surface area contributed by atoms with Crippen LogP contribution in [0.4, 0.5) is 5.69 Å². The second kappa shape index (κ2) is 8.01. The molecule has 0 fully saturated rings. The van der Waals surface area contributed by atoms with Gasteiger partial charge in [-0.25, -0.2) is 4.79 Å². The molecule has 6 heteroatoms. The van der Waals surface area contributed by atoms with Crippen molar-refractivity contribution in [3.8, 4) is 11.5 Å². The summed E-state index contributed by atoms with van der Waals surface area (Å²) in [6.45, 7) is 1.64. The van der Waals surface area contributed by atoms with Crippen LogP contribution in [0.25, 0.3) is 0 Å². The molecule has 0 bridgehead atoms. The maximum Gasteiger partial charge on any atom is 0.337 e. The molecule has 0 spiro atoms. The lowest BCUT2D eigenvalue weighted by molar-refractivity contribution is -0.122. The number of carbonyl (C=O) groups excluding carboxylic acids is 2. The summed E-state index contributed by atoms with van der Waals surface area (Å²) in [5, 5.41) is 2.71. The molecule has 0 aliphatic heterocycles. The van der Waals surface area contributed by atoms with Gasteiger partial charge >= 0.3 is 5.97 Å². The van der Waals surface area contributed by atoms with Crippen molar-refractivity contribution in [2.24, 2.45) is 0 Å². The number of ether oxygens (including phenoxy) is 3. The number of esters is 1. The van der Waals surface area contributed by atoms with Gasteiger partial charge in [-0.15, -0.1) is 0 Å². The third kappa shape index (κ3) is 4.49. The average Bonchev–Trinajstić information content (AvgIpc) is 2.61. The molecular formula is C18H19NO5. The van der Waals surface area contributed by atoms with Gasteiger partial charge in [0.05, 0.1) is 19.8 Å². The van der Waals surface area contributed by atoms with Gasteiger partial charge < -0.3 is 19.5 Å². The van der Waals surface area contributed by atoms with Crippen LogP contribution in [0.15, 0.2) is 48.5 Å². The van der Waals surface area contributed by atoms with Crippen molar-refractivity contribution in [1.82, 2.24) is 0 Å². The lowest BCUT2D eigenvalue weighted by Crippen LogP contribution is -2.30. The standard InChI is InChI=1S/C18H19NO5/c1-12(24-16-9-5-8-15(11-16)22-2)17(20)19-14-7-4-6-13(10-14)18(21)23-3/h4-12H,1-3H3,(H,19,20)/t12-/m0/s1. The van der Waals surface area contributed by atoms with Crippen LogP contribution < -0.4 is 14.8 Å². The number of carbonyl (C=O) groups is 2. The van der Waals surface area contributed by atoms with Crippen molar-refractivity contribution >= 4 is 17.6 Å². The highest BCUT2D eigenvalue weighted by Gasteiger charge is 2.16. The van der Waals surface area contributed by atoms with Gasteiger partial charge in [0.25, 0.3) is 5.91 Å². The van der Waals surface area contributed by atoms with Crippen molar-refractivity contribution in [3.05, 3.63) is 54.1 Å². The van der Waals surface area contributed by atoms with Crippen molar-refractivity contribution in [3.63, 3.8) is 0 Å². The van der Waals surface area contributed by atoms with Crippen LogP contribution in [0.2, 0.25) is 0 Å². The number of anilines is 1. The summed E-state index contributed by atoms with van der Waals surface area (Å²) in [6, 6.07) is 13.5. The average molecular weight is 329 g/mol. The lowest BCUT2D eigenvalue weighted by Gasteiger charge is -2.15. The molecule has 2 aromatic rings. The number of methoxy groups -OCH3 is 2. The third-order valence-electron chi connectivity index (χ3n) is 3.27. The van der Waals surface area contributed by atoms with Gasteiger partial charge in [0.1, 0.15) is 11.5 Å². The fraction of sp³-hybridized carbons (Fsp3) is 0.222. The fourth-order valence-electron chi connectivity index (χ4n) is 2.02. The summed E-state index contributed by atoms with van der Waals surface area (Å²) in [4.78, 5) is 23.8. The molecule has 0 aliphatic carbocycles. The number of hydrogen-bond acceptors (Lipinski definition) is 5. The van der Waals surface area contributed by atoms with Gasteiger partial charge in [-0.3, -0.25) is 4.79 Å². The van der Waals surface area contributed by atoms with E-state index in [-0.39, 0.29) is 5.91 Å². The van der Waals surface area contributed by atoms with Crippen LogP contribution in [0.3, 0.4) is 0 Å². The highest BCUT2D eigenvalue weighted by Crippen LogP contribution is 2.20. The molecule has 2 aromatic carbocycles. The first-order chi connectivity index (χ1) is 11.5. The minimum absolute atomic E-state index is 0.333. The smallest absolute Gasteiger partial charge is 0.337 e. The summed E-state index contributed by atoms with van der Waals surface area (Å²) < 4.78 is 15.4. The summed E-state index contributed by atoms with van der Waals surface area (Å²) in [5.74, 6) is 0.373. The van der Waals surface area contributed by atoms with E-state index >= 15 is 0 Å². The van der Waals surface area contributed by atoms with Gasteiger partial charge in [0.15, 0.2) is 6.10 Å². The molecule has 126 valence electrons. The number of nitrogens with one attached hydrogen (secondary N) is 1. The molecule has 0 aromatic heterocycles. The Morgan fingerprint density at radius 1 is 1.00 bits per heavy atom. The summed E-state index contributed by atoms with van der Waals surface area (Å²) in [5.41, 5.74) is 0.848. The van der Waals surface area contributed by atoms with Crippen LogP contribution in [0.5, 0.6) is 11.5 Å². The van der Waals surface area contributed by atoms with Gasteiger partial charge in [-0.05, 0) is 37.3 Å². The van der Waals surface area contributed by atoms with E-state index in [0.717, 1.165) is 0 Å². The molecular weight excluding hydrogens is 310 g/mol. The third-order valence-corrected chi connectivity index (χ3v) is 3.27. The van der Waals surface area contributed by atoms with Crippen molar-refractivity contribution < 1.29 is 23.8 Å². The summed E-state index contributed by atoms with van der Waals surface area (Å²) in [7, 11) is 2.86.